The maximum absolute atomic E-state index is 12.8. The van der Waals surface area contributed by atoms with Gasteiger partial charge in [0, 0.05) is 31.5 Å². The molecular formula is C19H24N2O3. The summed E-state index contributed by atoms with van der Waals surface area (Å²) in [5.41, 5.74) is 3.58. The molecule has 0 aliphatic rings. The van der Waals surface area contributed by atoms with Crippen LogP contribution in [0.15, 0.2) is 36.5 Å². The number of methoxy groups -OCH3 is 2. The number of hydrogen-bond donors (Lipinski definition) is 0. The Hall–Kier alpha value is -2.40. The number of likely N-dealkylation sites (N-methyl/N-ethyl adjacent to an activating group) is 1. The van der Waals surface area contributed by atoms with E-state index in [-0.39, 0.29) is 5.91 Å². The minimum absolute atomic E-state index is 0.107. The molecule has 1 amide bonds. The molecule has 1 aromatic carbocycles. The van der Waals surface area contributed by atoms with Crippen molar-refractivity contribution in [1.29, 1.82) is 0 Å². The Morgan fingerprint density at radius 3 is 2.46 bits per heavy atom. The number of carbonyl (C=O) groups excluding carboxylic acids is 1. The quantitative estimate of drug-likeness (QED) is 0.818. The molecule has 1 atom stereocenters. The number of aromatic nitrogens is 1. The average Bonchev–Trinajstić information content (AvgIpc) is 2.59. The highest BCUT2D eigenvalue weighted by Gasteiger charge is 2.24. The lowest BCUT2D eigenvalue weighted by atomic mass is 10.1. The molecular weight excluding hydrogens is 304 g/mol. The Morgan fingerprint density at radius 1 is 1.21 bits per heavy atom. The van der Waals surface area contributed by atoms with E-state index in [1.54, 1.807) is 32.4 Å². The Labute approximate surface area is 143 Å². The number of amides is 1. The van der Waals surface area contributed by atoms with Gasteiger partial charge in [-0.2, -0.15) is 0 Å². The molecule has 0 unspecified atom stereocenters. The van der Waals surface area contributed by atoms with Crippen LogP contribution in [0.2, 0.25) is 0 Å². The van der Waals surface area contributed by atoms with Crippen LogP contribution in [-0.2, 0) is 16.1 Å². The molecule has 1 heterocycles. The molecule has 128 valence electrons. The van der Waals surface area contributed by atoms with Crippen LogP contribution in [0.1, 0.15) is 28.5 Å². The molecule has 0 aliphatic heterocycles. The van der Waals surface area contributed by atoms with Gasteiger partial charge in [0.25, 0.3) is 5.91 Å². The van der Waals surface area contributed by atoms with Gasteiger partial charge in [-0.05, 0) is 19.4 Å². The second-order valence-corrected chi connectivity index (χ2v) is 5.77. The van der Waals surface area contributed by atoms with Crippen molar-refractivity contribution in [2.45, 2.75) is 26.5 Å². The van der Waals surface area contributed by atoms with Crippen LogP contribution in [0.5, 0.6) is 5.75 Å². The van der Waals surface area contributed by atoms with Crippen molar-refractivity contribution in [2.24, 2.45) is 0 Å². The number of benzene rings is 1. The lowest BCUT2D eigenvalue weighted by Crippen LogP contribution is -2.32. The molecule has 5 nitrogen and oxygen atoms in total. The molecule has 0 fully saturated rings. The van der Waals surface area contributed by atoms with Crippen LogP contribution in [-0.4, -0.2) is 37.1 Å². The number of hydrogen-bond acceptors (Lipinski definition) is 4. The Bertz CT molecular complexity index is 701. The highest BCUT2D eigenvalue weighted by Crippen LogP contribution is 2.25. The highest BCUT2D eigenvalue weighted by molar-refractivity contribution is 5.82. The lowest BCUT2D eigenvalue weighted by molar-refractivity contribution is -0.141. The van der Waals surface area contributed by atoms with Gasteiger partial charge in [0.15, 0.2) is 6.10 Å². The second kappa shape index (κ2) is 7.93. The largest absolute Gasteiger partial charge is 0.496 e. The molecule has 0 aliphatic carbocycles. The predicted octanol–water partition coefficient (Wildman–Crippen LogP) is 3.05. The number of aryl methyl sites for hydroxylation is 1. The van der Waals surface area contributed by atoms with Crippen LogP contribution in [0.4, 0.5) is 0 Å². The molecule has 0 radical (unpaired) electrons. The first-order chi connectivity index (χ1) is 11.5. The lowest BCUT2D eigenvalue weighted by Gasteiger charge is -2.24. The van der Waals surface area contributed by atoms with Gasteiger partial charge in [-0.25, -0.2) is 0 Å². The third kappa shape index (κ3) is 3.74. The highest BCUT2D eigenvalue weighted by atomic mass is 16.5. The first kappa shape index (κ1) is 17.9. The SMILES string of the molecule is COc1c(C)cnc(CN(C)C(=O)[C@@H](OC)c2ccccc2)c1C. The Kier molecular flexibility index (Phi) is 5.93. The van der Waals surface area contributed by atoms with E-state index in [4.69, 9.17) is 9.47 Å². The van der Waals surface area contributed by atoms with Gasteiger partial charge in [0.2, 0.25) is 0 Å². The van der Waals surface area contributed by atoms with Crippen molar-refractivity contribution < 1.29 is 14.3 Å². The number of ether oxygens (including phenoxy) is 2. The van der Waals surface area contributed by atoms with Crippen molar-refractivity contribution in [2.75, 3.05) is 21.3 Å². The van der Waals surface area contributed by atoms with Crippen LogP contribution in [0.3, 0.4) is 0 Å². The van der Waals surface area contributed by atoms with Gasteiger partial charge in [-0.15, -0.1) is 0 Å². The summed E-state index contributed by atoms with van der Waals surface area (Å²) in [6.07, 6.45) is 1.15. The number of pyridine rings is 1. The van der Waals surface area contributed by atoms with E-state index in [2.05, 4.69) is 4.98 Å². The maximum Gasteiger partial charge on any atom is 0.256 e. The number of carbonyl (C=O) groups is 1. The third-order valence-corrected chi connectivity index (χ3v) is 4.08. The van der Waals surface area contributed by atoms with Gasteiger partial charge < -0.3 is 14.4 Å². The Morgan fingerprint density at radius 2 is 1.88 bits per heavy atom. The molecule has 0 saturated carbocycles. The summed E-state index contributed by atoms with van der Waals surface area (Å²) >= 11 is 0. The summed E-state index contributed by atoms with van der Waals surface area (Å²) in [6.45, 7) is 4.30. The minimum Gasteiger partial charge on any atom is -0.496 e. The monoisotopic (exact) mass is 328 g/mol. The molecule has 5 heteroatoms. The van der Waals surface area contributed by atoms with E-state index in [0.717, 1.165) is 28.1 Å². The molecule has 24 heavy (non-hydrogen) atoms. The second-order valence-electron chi connectivity index (χ2n) is 5.77. The smallest absolute Gasteiger partial charge is 0.256 e. The summed E-state index contributed by atoms with van der Waals surface area (Å²) in [5, 5.41) is 0. The minimum atomic E-state index is -0.621. The average molecular weight is 328 g/mol. The van der Waals surface area contributed by atoms with Crippen molar-refractivity contribution >= 4 is 5.91 Å². The summed E-state index contributed by atoms with van der Waals surface area (Å²) in [5.74, 6) is 0.705. The molecule has 2 aromatic rings. The van der Waals surface area contributed by atoms with E-state index >= 15 is 0 Å². The molecule has 0 N–H and O–H groups in total. The fraction of sp³-hybridized carbons (Fsp3) is 0.368. The predicted molar refractivity (Wildman–Crippen MR) is 92.9 cm³/mol. The first-order valence-electron chi connectivity index (χ1n) is 7.81. The van der Waals surface area contributed by atoms with Crippen molar-refractivity contribution in [3.05, 3.63) is 58.9 Å². The zero-order chi connectivity index (χ0) is 17.7. The first-order valence-corrected chi connectivity index (χ1v) is 7.81. The topological polar surface area (TPSA) is 51.7 Å². The summed E-state index contributed by atoms with van der Waals surface area (Å²) < 4.78 is 10.8. The van der Waals surface area contributed by atoms with E-state index in [1.807, 2.05) is 44.2 Å². The number of nitrogens with zero attached hydrogens (tertiary/aromatic N) is 2. The molecule has 1 aromatic heterocycles. The van der Waals surface area contributed by atoms with Crippen LogP contribution in [0, 0.1) is 13.8 Å². The van der Waals surface area contributed by atoms with E-state index in [1.165, 1.54) is 0 Å². The summed E-state index contributed by atoms with van der Waals surface area (Å²) in [4.78, 5) is 18.8. The van der Waals surface area contributed by atoms with Crippen molar-refractivity contribution in [1.82, 2.24) is 9.88 Å². The van der Waals surface area contributed by atoms with Crippen LogP contribution in [0.25, 0.3) is 0 Å². The van der Waals surface area contributed by atoms with Gasteiger partial charge in [-0.1, -0.05) is 30.3 Å². The standard InChI is InChI=1S/C19H24N2O3/c1-13-11-20-16(14(2)17(13)23-4)12-21(3)19(22)18(24-5)15-9-7-6-8-10-15/h6-11,18H,12H2,1-5H3/t18-/m0/s1. The van der Waals surface area contributed by atoms with Gasteiger partial charge in [0.05, 0.1) is 19.3 Å². The van der Waals surface area contributed by atoms with Crippen molar-refractivity contribution in [3.63, 3.8) is 0 Å². The fourth-order valence-corrected chi connectivity index (χ4v) is 2.74. The Balaban J connectivity index is 2.20. The molecule has 2 rings (SSSR count). The maximum atomic E-state index is 12.8. The summed E-state index contributed by atoms with van der Waals surface area (Å²) in [7, 11) is 4.94. The zero-order valence-corrected chi connectivity index (χ0v) is 14.9. The van der Waals surface area contributed by atoms with Crippen LogP contribution < -0.4 is 4.74 Å². The van der Waals surface area contributed by atoms with Crippen LogP contribution >= 0.6 is 0 Å². The fourth-order valence-electron chi connectivity index (χ4n) is 2.74. The zero-order valence-electron chi connectivity index (χ0n) is 14.9. The van der Waals surface area contributed by atoms with E-state index in [0.29, 0.717) is 6.54 Å². The molecule has 0 bridgehead atoms. The van der Waals surface area contributed by atoms with E-state index in [9.17, 15) is 4.79 Å². The van der Waals surface area contributed by atoms with Gasteiger partial charge in [0.1, 0.15) is 5.75 Å². The van der Waals surface area contributed by atoms with Crippen molar-refractivity contribution in [3.8, 4) is 5.75 Å². The third-order valence-electron chi connectivity index (χ3n) is 4.08. The molecule has 0 saturated heterocycles. The van der Waals surface area contributed by atoms with E-state index < -0.39 is 6.10 Å². The summed E-state index contributed by atoms with van der Waals surface area (Å²) in [6, 6.07) is 9.48. The number of rotatable bonds is 6. The van der Waals surface area contributed by atoms with Gasteiger partial charge >= 0.3 is 0 Å². The normalized spacial score (nSPS) is 11.9. The molecule has 0 spiro atoms. The van der Waals surface area contributed by atoms with Gasteiger partial charge in [-0.3, -0.25) is 9.78 Å².